The van der Waals surface area contributed by atoms with Gasteiger partial charge in [0.2, 0.25) is 0 Å². The maximum Gasteiger partial charge on any atom is 0.314 e. The number of hydrogen-bond donors (Lipinski definition) is 2. The van der Waals surface area contributed by atoms with Gasteiger partial charge in [-0.1, -0.05) is 56.3 Å². The lowest BCUT2D eigenvalue weighted by Crippen LogP contribution is -2.58. The van der Waals surface area contributed by atoms with Crippen molar-refractivity contribution in [2.24, 2.45) is 11.3 Å². The summed E-state index contributed by atoms with van der Waals surface area (Å²) in [6.07, 6.45) is 0.374. The molecule has 0 saturated carbocycles. The Balaban J connectivity index is 1.81. The summed E-state index contributed by atoms with van der Waals surface area (Å²) in [7, 11) is 0. The van der Waals surface area contributed by atoms with E-state index in [9.17, 15) is 19.8 Å². The molecule has 1 fully saturated rings. The molecule has 1 aliphatic heterocycles. The number of carbonyl (C=O) groups excluding carboxylic acids is 1. The van der Waals surface area contributed by atoms with E-state index >= 15 is 0 Å². The Labute approximate surface area is 172 Å². The van der Waals surface area contributed by atoms with Crippen molar-refractivity contribution in [1.29, 1.82) is 0 Å². The topological polar surface area (TPSA) is 77.8 Å². The summed E-state index contributed by atoms with van der Waals surface area (Å²) in [5.41, 5.74) is 1.15. The maximum absolute atomic E-state index is 13.1. The van der Waals surface area contributed by atoms with Crippen LogP contribution in [-0.4, -0.2) is 46.2 Å². The molecule has 154 valence electrons. The van der Waals surface area contributed by atoms with Gasteiger partial charge in [0, 0.05) is 18.7 Å². The largest absolute Gasteiger partial charge is 0.481 e. The molecule has 1 heterocycles. The fourth-order valence-electron chi connectivity index (χ4n) is 4.11. The maximum atomic E-state index is 13.1. The van der Waals surface area contributed by atoms with E-state index in [1.54, 1.807) is 4.90 Å². The van der Waals surface area contributed by atoms with Gasteiger partial charge in [-0.2, -0.15) is 0 Å². The summed E-state index contributed by atoms with van der Waals surface area (Å²) in [5.74, 6) is -0.723. The molecule has 0 unspecified atom stereocenters. The first-order chi connectivity index (χ1) is 13.8. The molecule has 0 spiro atoms. The van der Waals surface area contributed by atoms with Crippen LogP contribution in [0.25, 0.3) is 0 Å². The van der Waals surface area contributed by atoms with Crippen molar-refractivity contribution in [3.63, 3.8) is 0 Å². The van der Waals surface area contributed by atoms with E-state index in [4.69, 9.17) is 0 Å². The molecule has 2 atom stereocenters. The Kier molecular flexibility index (Phi) is 6.38. The Hall–Kier alpha value is -2.66. The van der Waals surface area contributed by atoms with Crippen LogP contribution in [-0.2, 0) is 17.6 Å². The minimum absolute atomic E-state index is 0.00896. The quantitative estimate of drug-likeness (QED) is 0.786. The Morgan fingerprint density at radius 2 is 1.72 bits per heavy atom. The van der Waals surface area contributed by atoms with Gasteiger partial charge in [-0.15, -0.1) is 0 Å². The Bertz CT molecular complexity index is 847. The first-order valence-electron chi connectivity index (χ1n) is 10.2. The van der Waals surface area contributed by atoms with Crippen molar-refractivity contribution in [1.82, 2.24) is 4.90 Å². The number of amides is 1. The van der Waals surface area contributed by atoms with Gasteiger partial charge >= 0.3 is 5.97 Å². The van der Waals surface area contributed by atoms with Gasteiger partial charge in [-0.05, 0) is 48.4 Å². The number of nitrogens with zero attached hydrogens (tertiary/aromatic N) is 1. The van der Waals surface area contributed by atoms with Gasteiger partial charge in [-0.25, -0.2) is 0 Å². The second-order valence-corrected chi connectivity index (χ2v) is 8.45. The van der Waals surface area contributed by atoms with Gasteiger partial charge < -0.3 is 15.1 Å². The van der Waals surface area contributed by atoms with Gasteiger partial charge in [0.15, 0.2) is 0 Å². The van der Waals surface area contributed by atoms with Crippen molar-refractivity contribution in [3.8, 4) is 0 Å². The normalized spacial score (nSPS) is 21.9. The van der Waals surface area contributed by atoms with Gasteiger partial charge in [-0.3, -0.25) is 9.59 Å². The van der Waals surface area contributed by atoms with Crippen LogP contribution >= 0.6 is 0 Å². The van der Waals surface area contributed by atoms with E-state index in [1.807, 2.05) is 54.6 Å². The molecule has 1 aliphatic rings. The number of carboxylic acid groups (broad SMARTS) is 1. The average Bonchev–Trinajstić information content (AvgIpc) is 2.70. The molecule has 0 aliphatic carbocycles. The molecular weight excluding hydrogens is 366 g/mol. The SMILES string of the molecule is CC(C)Cc1ccc(C(=O)N2CC[C@H](O)[C@](Cc3ccccc3)(C(=O)O)C2)cc1. The predicted molar refractivity (Wildman–Crippen MR) is 112 cm³/mol. The van der Waals surface area contributed by atoms with Crippen LogP contribution in [0.2, 0.25) is 0 Å². The fraction of sp³-hybridized carbons (Fsp3) is 0.417. The Morgan fingerprint density at radius 1 is 1.07 bits per heavy atom. The van der Waals surface area contributed by atoms with Gasteiger partial charge in [0.25, 0.3) is 5.91 Å². The number of carbonyl (C=O) groups is 2. The molecule has 0 aromatic heterocycles. The first-order valence-corrected chi connectivity index (χ1v) is 10.2. The number of rotatable bonds is 6. The van der Waals surface area contributed by atoms with E-state index < -0.39 is 17.5 Å². The summed E-state index contributed by atoms with van der Waals surface area (Å²) in [4.78, 5) is 26.9. The van der Waals surface area contributed by atoms with Gasteiger partial charge in [0.05, 0.1) is 6.10 Å². The summed E-state index contributed by atoms with van der Waals surface area (Å²) in [5, 5.41) is 20.6. The fourth-order valence-corrected chi connectivity index (χ4v) is 4.11. The zero-order valence-corrected chi connectivity index (χ0v) is 17.0. The van der Waals surface area contributed by atoms with Crippen LogP contribution < -0.4 is 0 Å². The molecule has 2 N–H and O–H groups in total. The Morgan fingerprint density at radius 3 is 2.31 bits per heavy atom. The minimum Gasteiger partial charge on any atom is -0.481 e. The number of aliphatic carboxylic acids is 1. The van der Waals surface area contributed by atoms with Crippen LogP contribution in [0.15, 0.2) is 54.6 Å². The first kappa shape index (κ1) is 21.1. The van der Waals surface area contributed by atoms with E-state index in [0.29, 0.717) is 18.0 Å². The molecule has 5 heteroatoms. The molecule has 0 radical (unpaired) electrons. The van der Waals surface area contributed by atoms with E-state index in [1.165, 1.54) is 5.56 Å². The van der Waals surface area contributed by atoms with Crippen molar-refractivity contribution in [3.05, 3.63) is 71.3 Å². The van der Waals surface area contributed by atoms with E-state index in [2.05, 4.69) is 13.8 Å². The molecule has 3 rings (SSSR count). The van der Waals surface area contributed by atoms with Crippen molar-refractivity contribution < 1.29 is 19.8 Å². The third-order valence-electron chi connectivity index (χ3n) is 5.70. The van der Waals surface area contributed by atoms with Gasteiger partial charge in [0.1, 0.15) is 5.41 Å². The van der Waals surface area contributed by atoms with Crippen LogP contribution in [0, 0.1) is 11.3 Å². The third-order valence-corrected chi connectivity index (χ3v) is 5.70. The highest BCUT2D eigenvalue weighted by Gasteiger charge is 2.50. The van der Waals surface area contributed by atoms with Crippen LogP contribution in [0.5, 0.6) is 0 Å². The number of benzene rings is 2. The summed E-state index contributed by atoms with van der Waals surface area (Å²) >= 11 is 0. The van der Waals surface area contributed by atoms with E-state index in [0.717, 1.165) is 12.0 Å². The van der Waals surface area contributed by atoms with Crippen LogP contribution in [0.3, 0.4) is 0 Å². The number of likely N-dealkylation sites (tertiary alicyclic amines) is 1. The predicted octanol–water partition coefficient (Wildman–Crippen LogP) is 3.41. The molecule has 0 bridgehead atoms. The standard InChI is InChI=1S/C24H29NO4/c1-17(2)14-18-8-10-20(11-9-18)22(27)25-13-12-21(26)24(16-25,23(28)29)15-19-6-4-3-5-7-19/h3-11,17,21,26H,12-16H2,1-2H3,(H,28,29)/t21-,24+/m0/s1. The van der Waals surface area contributed by atoms with Crippen molar-refractivity contribution >= 4 is 11.9 Å². The van der Waals surface area contributed by atoms with Crippen LogP contribution in [0.4, 0.5) is 0 Å². The summed E-state index contributed by atoms with van der Waals surface area (Å²) in [6.45, 7) is 4.63. The molecular formula is C24H29NO4. The monoisotopic (exact) mass is 395 g/mol. The molecule has 29 heavy (non-hydrogen) atoms. The molecule has 1 saturated heterocycles. The van der Waals surface area contributed by atoms with Crippen molar-refractivity contribution in [2.75, 3.05) is 13.1 Å². The zero-order chi connectivity index (χ0) is 21.0. The van der Waals surface area contributed by atoms with Crippen LogP contribution in [0.1, 0.15) is 41.8 Å². The lowest BCUT2D eigenvalue weighted by atomic mass is 9.72. The second kappa shape index (κ2) is 8.78. The van der Waals surface area contributed by atoms with E-state index in [-0.39, 0.29) is 25.3 Å². The molecule has 2 aromatic rings. The lowest BCUT2D eigenvalue weighted by Gasteiger charge is -2.43. The minimum atomic E-state index is -1.41. The highest BCUT2D eigenvalue weighted by molar-refractivity contribution is 5.95. The molecule has 5 nitrogen and oxygen atoms in total. The van der Waals surface area contributed by atoms with Crippen molar-refractivity contribution in [2.45, 2.75) is 39.2 Å². The number of aliphatic hydroxyl groups is 1. The number of piperidine rings is 1. The number of carboxylic acids is 1. The average molecular weight is 395 g/mol. The molecule has 1 amide bonds. The lowest BCUT2D eigenvalue weighted by molar-refractivity contribution is -0.161. The molecule has 2 aromatic carbocycles. The zero-order valence-electron chi connectivity index (χ0n) is 17.0. The number of aliphatic hydroxyl groups excluding tert-OH is 1. The summed E-state index contributed by atoms with van der Waals surface area (Å²) < 4.78 is 0. The summed E-state index contributed by atoms with van der Waals surface area (Å²) in [6, 6.07) is 16.8. The highest BCUT2D eigenvalue weighted by atomic mass is 16.4. The highest BCUT2D eigenvalue weighted by Crippen LogP contribution is 2.35. The third kappa shape index (κ3) is 4.67. The second-order valence-electron chi connectivity index (χ2n) is 8.45. The smallest absolute Gasteiger partial charge is 0.314 e. The number of hydrogen-bond acceptors (Lipinski definition) is 3.